The number of nitrogens with zero attached hydrogens (tertiary/aromatic N) is 1. The van der Waals surface area contributed by atoms with E-state index in [9.17, 15) is 9.90 Å². The first-order chi connectivity index (χ1) is 8.59. The van der Waals surface area contributed by atoms with Crippen LogP contribution in [0.2, 0.25) is 5.02 Å². The van der Waals surface area contributed by atoms with E-state index in [0.29, 0.717) is 16.1 Å². The van der Waals surface area contributed by atoms with Gasteiger partial charge in [0.15, 0.2) is 6.10 Å². The third-order valence-corrected chi connectivity index (χ3v) is 2.75. The van der Waals surface area contributed by atoms with Crippen molar-refractivity contribution in [2.75, 3.05) is 0 Å². The first-order valence-corrected chi connectivity index (χ1v) is 5.64. The smallest absolute Gasteiger partial charge is 0.250 e. The second kappa shape index (κ2) is 5.16. The number of primary amides is 1. The molecule has 0 spiro atoms. The monoisotopic (exact) mass is 262 g/mol. The maximum absolute atomic E-state index is 11.1. The van der Waals surface area contributed by atoms with Gasteiger partial charge in [0.1, 0.15) is 0 Å². The summed E-state index contributed by atoms with van der Waals surface area (Å²) in [5, 5.41) is 10.3. The number of halogens is 1. The molecule has 0 aliphatic rings. The summed E-state index contributed by atoms with van der Waals surface area (Å²) in [6.07, 6.45) is 1.77. The average molecular weight is 263 g/mol. The van der Waals surface area contributed by atoms with E-state index in [-0.39, 0.29) is 0 Å². The van der Waals surface area contributed by atoms with Crippen molar-refractivity contribution in [2.24, 2.45) is 5.73 Å². The van der Waals surface area contributed by atoms with Crippen LogP contribution in [0.5, 0.6) is 0 Å². The topological polar surface area (TPSA) is 76.2 Å². The molecule has 1 aromatic heterocycles. The molecule has 0 fully saturated rings. The van der Waals surface area contributed by atoms with Crippen LogP contribution in [0.15, 0.2) is 42.7 Å². The van der Waals surface area contributed by atoms with Crippen LogP contribution < -0.4 is 5.73 Å². The number of aliphatic hydroxyl groups excluding tert-OH is 1. The van der Waals surface area contributed by atoms with Crippen LogP contribution in [-0.4, -0.2) is 16.0 Å². The predicted molar refractivity (Wildman–Crippen MR) is 68.8 cm³/mol. The Bertz CT molecular complexity index is 587. The molecule has 1 aromatic carbocycles. The molecular formula is C13H11ClN2O2. The quantitative estimate of drug-likeness (QED) is 0.887. The van der Waals surface area contributed by atoms with Crippen LogP contribution in [-0.2, 0) is 4.79 Å². The SMILES string of the molecule is NC(=O)C(O)c1ccccc1-c1cncc(Cl)c1. The zero-order chi connectivity index (χ0) is 13.1. The largest absolute Gasteiger partial charge is 0.378 e. The summed E-state index contributed by atoms with van der Waals surface area (Å²) in [6.45, 7) is 0. The van der Waals surface area contributed by atoms with Gasteiger partial charge in [-0.15, -0.1) is 0 Å². The molecule has 0 aliphatic heterocycles. The van der Waals surface area contributed by atoms with E-state index in [2.05, 4.69) is 4.98 Å². The second-order valence-electron chi connectivity index (χ2n) is 3.78. The van der Waals surface area contributed by atoms with Crippen LogP contribution in [0.1, 0.15) is 11.7 Å². The molecule has 1 unspecified atom stereocenters. The molecule has 1 amide bonds. The number of aliphatic hydroxyl groups is 1. The number of carbonyl (C=O) groups excluding carboxylic acids is 1. The van der Waals surface area contributed by atoms with Gasteiger partial charge >= 0.3 is 0 Å². The summed E-state index contributed by atoms with van der Waals surface area (Å²) >= 11 is 5.87. The minimum atomic E-state index is -1.35. The molecule has 2 aromatic rings. The Kier molecular flexibility index (Phi) is 3.60. The highest BCUT2D eigenvalue weighted by molar-refractivity contribution is 6.30. The van der Waals surface area contributed by atoms with E-state index in [0.717, 1.165) is 5.56 Å². The minimum absolute atomic E-state index is 0.439. The van der Waals surface area contributed by atoms with Gasteiger partial charge < -0.3 is 10.8 Å². The fourth-order valence-electron chi connectivity index (χ4n) is 1.71. The van der Waals surface area contributed by atoms with Crippen molar-refractivity contribution in [1.29, 1.82) is 0 Å². The van der Waals surface area contributed by atoms with Gasteiger partial charge in [-0.1, -0.05) is 35.9 Å². The Morgan fingerprint density at radius 3 is 2.72 bits per heavy atom. The molecular weight excluding hydrogens is 252 g/mol. The maximum Gasteiger partial charge on any atom is 0.250 e. The molecule has 0 bridgehead atoms. The highest BCUT2D eigenvalue weighted by Gasteiger charge is 2.18. The third-order valence-electron chi connectivity index (χ3n) is 2.54. The average Bonchev–Trinajstić information content (AvgIpc) is 2.38. The molecule has 1 heterocycles. The summed E-state index contributed by atoms with van der Waals surface area (Å²) < 4.78 is 0. The van der Waals surface area contributed by atoms with E-state index >= 15 is 0 Å². The Labute approximate surface area is 109 Å². The van der Waals surface area contributed by atoms with Crippen molar-refractivity contribution >= 4 is 17.5 Å². The van der Waals surface area contributed by atoms with Crippen LogP contribution >= 0.6 is 11.6 Å². The van der Waals surface area contributed by atoms with Gasteiger partial charge in [-0.3, -0.25) is 9.78 Å². The molecule has 0 saturated heterocycles. The van der Waals surface area contributed by atoms with Gasteiger partial charge in [-0.05, 0) is 17.2 Å². The molecule has 2 rings (SSSR count). The minimum Gasteiger partial charge on any atom is -0.378 e. The predicted octanol–water partition coefficient (Wildman–Crippen LogP) is 1.92. The molecule has 5 heteroatoms. The van der Waals surface area contributed by atoms with Gasteiger partial charge in [0.05, 0.1) is 5.02 Å². The lowest BCUT2D eigenvalue weighted by atomic mass is 9.97. The Balaban J connectivity index is 2.55. The summed E-state index contributed by atoms with van der Waals surface area (Å²) in [6, 6.07) is 8.65. The lowest BCUT2D eigenvalue weighted by Gasteiger charge is -2.12. The number of nitrogens with two attached hydrogens (primary N) is 1. The maximum atomic E-state index is 11.1. The summed E-state index contributed by atoms with van der Waals surface area (Å²) in [5.41, 5.74) is 6.95. The van der Waals surface area contributed by atoms with Crippen molar-refractivity contribution in [2.45, 2.75) is 6.10 Å². The normalized spacial score (nSPS) is 12.1. The van der Waals surface area contributed by atoms with Crippen molar-refractivity contribution in [3.63, 3.8) is 0 Å². The lowest BCUT2D eigenvalue weighted by molar-refractivity contribution is -0.126. The number of hydrogen-bond donors (Lipinski definition) is 2. The molecule has 3 N–H and O–H groups in total. The van der Waals surface area contributed by atoms with Gasteiger partial charge in [0, 0.05) is 18.0 Å². The fourth-order valence-corrected chi connectivity index (χ4v) is 1.88. The zero-order valence-electron chi connectivity index (χ0n) is 9.38. The number of amides is 1. The van der Waals surface area contributed by atoms with Gasteiger partial charge in [0.2, 0.25) is 0 Å². The van der Waals surface area contributed by atoms with Crippen LogP contribution in [0, 0.1) is 0 Å². The second-order valence-corrected chi connectivity index (χ2v) is 4.22. The lowest BCUT2D eigenvalue weighted by Crippen LogP contribution is -2.21. The first kappa shape index (κ1) is 12.5. The highest BCUT2D eigenvalue weighted by atomic mass is 35.5. The number of aromatic nitrogens is 1. The number of benzene rings is 1. The Morgan fingerprint density at radius 1 is 1.33 bits per heavy atom. The van der Waals surface area contributed by atoms with E-state index in [1.54, 1.807) is 36.5 Å². The van der Waals surface area contributed by atoms with Gasteiger partial charge in [-0.2, -0.15) is 0 Å². The van der Waals surface area contributed by atoms with Crippen LogP contribution in [0.4, 0.5) is 0 Å². The van der Waals surface area contributed by atoms with Crippen molar-refractivity contribution in [1.82, 2.24) is 4.98 Å². The molecule has 92 valence electrons. The van der Waals surface area contributed by atoms with E-state index in [1.807, 2.05) is 0 Å². The van der Waals surface area contributed by atoms with E-state index in [4.69, 9.17) is 17.3 Å². The molecule has 0 saturated carbocycles. The fraction of sp³-hybridized carbons (Fsp3) is 0.0769. The van der Waals surface area contributed by atoms with Crippen molar-refractivity contribution in [3.05, 3.63) is 53.3 Å². The van der Waals surface area contributed by atoms with Gasteiger partial charge in [0.25, 0.3) is 5.91 Å². The number of hydrogen-bond acceptors (Lipinski definition) is 3. The summed E-state index contributed by atoms with van der Waals surface area (Å²) in [7, 11) is 0. The third kappa shape index (κ3) is 2.50. The summed E-state index contributed by atoms with van der Waals surface area (Å²) in [5.74, 6) is -0.794. The van der Waals surface area contributed by atoms with E-state index < -0.39 is 12.0 Å². The highest BCUT2D eigenvalue weighted by Crippen LogP contribution is 2.28. The summed E-state index contributed by atoms with van der Waals surface area (Å²) in [4.78, 5) is 15.1. The van der Waals surface area contributed by atoms with Gasteiger partial charge in [-0.25, -0.2) is 0 Å². The Hall–Kier alpha value is -1.91. The first-order valence-electron chi connectivity index (χ1n) is 5.27. The standard InChI is InChI=1S/C13H11ClN2O2/c14-9-5-8(6-16-7-9)10-3-1-2-4-11(10)12(17)13(15)18/h1-7,12,17H,(H2,15,18). The van der Waals surface area contributed by atoms with Crippen molar-refractivity contribution < 1.29 is 9.90 Å². The number of carbonyl (C=O) groups is 1. The molecule has 4 nitrogen and oxygen atoms in total. The Morgan fingerprint density at radius 2 is 2.06 bits per heavy atom. The number of rotatable bonds is 3. The van der Waals surface area contributed by atoms with E-state index in [1.165, 1.54) is 6.20 Å². The molecule has 18 heavy (non-hydrogen) atoms. The van der Waals surface area contributed by atoms with Crippen molar-refractivity contribution in [3.8, 4) is 11.1 Å². The molecule has 1 atom stereocenters. The van der Waals surface area contributed by atoms with Crippen LogP contribution in [0.25, 0.3) is 11.1 Å². The molecule has 0 aliphatic carbocycles. The zero-order valence-corrected chi connectivity index (χ0v) is 10.1. The van der Waals surface area contributed by atoms with Crippen LogP contribution in [0.3, 0.4) is 0 Å². The molecule has 0 radical (unpaired) electrons. The number of pyridine rings is 1.